The fraction of sp³-hybridized carbons (Fsp3) is 0.818. The van der Waals surface area contributed by atoms with Crippen LogP contribution >= 0.6 is 0 Å². The van der Waals surface area contributed by atoms with Crippen LogP contribution < -0.4 is 0 Å². The van der Waals surface area contributed by atoms with Crippen molar-refractivity contribution in [1.29, 1.82) is 0 Å². The first kappa shape index (κ1) is 13.8. The molecule has 0 radical (unpaired) electrons. The van der Waals surface area contributed by atoms with Gasteiger partial charge in [-0.05, 0) is 27.7 Å². The zero-order valence-corrected chi connectivity index (χ0v) is 10.6. The van der Waals surface area contributed by atoms with E-state index in [-0.39, 0.29) is 13.0 Å². The SMILES string of the molecule is CC(C)(C)OC(=O)N1C[C@](C)(O)CC1C(=O)O. The van der Waals surface area contributed by atoms with Crippen LogP contribution in [0.5, 0.6) is 0 Å². The molecule has 98 valence electrons. The van der Waals surface area contributed by atoms with E-state index < -0.39 is 29.3 Å². The zero-order chi connectivity index (χ0) is 13.4. The molecule has 2 N–H and O–H groups in total. The lowest BCUT2D eigenvalue weighted by molar-refractivity contribution is -0.142. The van der Waals surface area contributed by atoms with Crippen LogP contribution in [0.3, 0.4) is 0 Å². The molecule has 0 spiro atoms. The first-order valence-electron chi connectivity index (χ1n) is 5.47. The van der Waals surface area contributed by atoms with Gasteiger partial charge in [0, 0.05) is 6.42 Å². The number of hydrogen-bond acceptors (Lipinski definition) is 4. The van der Waals surface area contributed by atoms with Gasteiger partial charge < -0.3 is 14.9 Å². The van der Waals surface area contributed by atoms with E-state index >= 15 is 0 Å². The molecule has 6 heteroatoms. The summed E-state index contributed by atoms with van der Waals surface area (Å²) in [5, 5.41) is 18.8. The second kappa shape index (κ2) is 4.18. The second-order valence-electron chi connectivity index (χ2n) is 5.66. The minimum atomic E-state index is -1.18. The number of carbonyl (C=O) groups is 2. The molecular formula is C11H19NO5. The van der Waals surface area contributed by atoms with E-state index in [9.17, 15) is 14.7 Å². The maximum absolute atomic E-state index is 11.8. The van der Waals surface area contributed by atoms with Crippen LogP contribution in [0, 0.1) is 0 Å². The lowest BCUT2D eigenvalue weighted by atomic mass is 10.0. The summed E-state index contributed by atoms with van der Waals surface area (Å²) in [6, 6.07) is -1.03. The van der Waals surface area contributed by atoms with E-state index in [2.05, 4.69) is 0 Å². The van der Waals surface area contributed by atoms with Crippen molar-refractivity contribution in [3.8, 4) is 0 Å². The van der Waals surface area contributed by atoms with E-state index in [0.717, 1.165) is 4.90 Å². The van der Waals surface area contributed by atoms with Gasteiger partial charge in [-0.3, -0.25) is 4.90 Å². The summed E-state index contributed by atoms with van der Waals surface area (Å²) < 4.78 is 5.11. The normalized spacial score (nSPS) is 29.2. The maximum atomic E-state index is 11.8. The Morgan fingerprint density at radius 2 is 1.94 bits per heavy atom. The Kier molecular flexibility index (Phi) is 3.38. The molecule has 1 aliphatic heterocycles. The van der Waals surface area contributed by atoms with E-state index in [1.807, 2.05) is 0 Å². The lowest BCUT2D eigenvalue weighted by Crippen LogP contribution is -2.43. The standard InChI is InChI=1S/C11H19NO5/c1-10(2,3)17-9(15)12-6-11(4,16)5-7(12)8(13)14/h7,16H,5-6H2,1-4H3,(H,13,14)/t7?,11-/m1/s1. The molecular weight excluding hydrogens is 226 g/mol. The summed E-state index contributed by atoms with van der Waals surface area (Å²) in [6.45, 7) is 6.59. The first-order chi connectivity index (χ1) is 7.52. The van der Waals surface area contributed by atoms with Gasteiger partial charge in [0.05, 0.1) is 12.1 Å². The Bertz CT molecular complexity index is 331. The molecule has 6 nitrogen and oxygen atoms in total. The number of aliphatic hydroxyl groups is 1. The minimum Gasteiger partial charge on any atom is -0.480 e. The average Bonchev–Trinajstić information content (AvgIpc) is 2.38. The highest BCUT2D eigenvalue weighted by atomic mass is 16.6. The third-order valence-corrected chi connectivity index (χ3v) is 2.43. The van der Waals surface area contributed by atoms with Crippen LogP contribution in [-0.4, -0.2) is 51.0 Å². The number of rotatable bonds is 1. The molecule has 1 unspecified atom stereocenters. The maximum Gasteiger partial charge on any atom is 0.411 e. The summed E-state index contributed by atoms with van der Waals surface area (Å²) >= 11 is 0. The lowest BCUT2D eigenvalue weighted by Gasteiger charge is -2.26. The molecule has 0 aliphatic carbocycles. The predicted molar refractivity (Wildman–Crippen MR) is 59.6 cm³/mol. The molecule has 0 bridgehead atoms. The number of likely N-dealkylation sites (tertiary alicyclic amines) is 1. The van der Waals surface area contributed by atoms with Crippen molar-refractivity contribution in [3.63, 3.8) is 0 Å². The van der Waals surface area contributed by atoms with Crippen LogP contribution in [0.1, 0.15) is 34.1 Å². The monoisotopic (exact) mass is 245 g/mol. The van der Waals surface area contributed by atoms with Gasteiger partial charge in [-0.15, -0.1) is 0 Å². The highest BCUT2D eigenvalue weighted by Gasteiger charge is 2.46. The van der Waals surface area contributed by atoms with Gasteiger partial charge in [-0.2, -0.15) is 0 Å². The number of β-amino-alcohol motifs (C(OH)–C–C–N with tert-alkyl or cyclic N) is 1. The fourth-order valence-corrected chi connectivity index (χ4v) is 1.80. The van der Waals surface area contributed by atoms with Gasteiger partial charge in [0.15, 0.2) is 0 Å². The van der Waals surface area contributed by atoms with Gasteiger partial charge in [0.1, 0.15) is 11.6 Å². The summed E-state index contributed by atoms with van der Waals surface area (Å²) in [5.74, 6) is -1.13. The molecule has 1 aliphatic rings. The molecule has 1 rings (SSSR count). The van der Waals surface area contributed by atoms with Gasteiger partial charge in [0.25, 0.3) is 0 Å². The highest BCUT2D eigenvalue weighted by Crippen LogP contribution is 2.28. The smallest absolute Gasteiger partial charge is 0.411 e. The largest absolute Gasteiger partial charge is 0.480 e. The predicted octanol–water partition coefficient (Wildman–Crippen LogP) is 0.831. The number of carboxylic acids is 1. The third kappa shape index (κ3) is 3.59. The third-order valence-electron chi connectivity index (χ3n) is 2.43. The molecule has 1 fully saturated rings. The summed E-state index contributed by atoms with van der Waals surface area (Å²) in [4.78, 5) is 23.9. The van der Waals surface area contributed by atoms with Crippen molar-refractivity contribution in [2.75, 3.05) is 6.54 Å². The number of carboxylic acid groups (broad SMARTS) is 1. The molecule has 0 aromatic heterocycles. The summed E-state index contributed by atoms with van der Waals surface area (Å²) in [7, 11) is 0. The van der Waals surface area contributed by atoms with Crippen LogP contribution in [0.15, 0.2) is 0 Å². The van der Waals surface area contributed by atoms with Gasteiger partial charge in [-0.1, -0.05) is 0 Å². The minimum absolute atomic E-state index is 0.0155. The Morgan fingerprint density at radius 1 is 1.41 bits per heavy atom. The van der Waals surface area contributed by atoms with Gasteiger partial charge >= 0.3 is 12.1 Å². The number of amides is 1. The van der Waals surface area contributed by atoms with Crippen molar-refractivity contribution < 1.29 is 24.5 Å². The van der Waals surface area contributed by atoms with Crippen molar-refractivity contribution in [1.82, 2.24) is 4.90 Å². The molecule has 2 atom stereocenters. The Hall–Kier alpha value is -1.30. The fourth-order valence-electron chi connectivity index (χ4n) is 1.80. The van der Waals surface area contributed by atoms with Crippen molar-refractivity contribution in [3.05, 3.63) is 0 Å². The van der Waals surface area contributed by atoms with Crippen molar-refractivity contribution in [2.45, 2.75) is 51.4 Å². The first-order valence-corrected chi connectivity index (χ1v) is 5.47. The molecule has 1 heterocycles. The van der Waals surface area contributed by atoms with E-state index in [1.165, 1.54) is 6.92 Å². The number of nitrogens with zero attached hydrogens (tertiary/aromatic N) is 1. The van der Waals surface area contributed by atoms with Crippen molar-refractivity contribution >= 4 is 12.1 Å². The zero-order valence-electron chi connectivity index (χ0n) is 10.6. The van der Waals surface area contributed by atoms with Crippen LogP contribution in [-0.2, 0) is 9.53 Å². The quantitative estimate of drug-likeness (QED) is 0.714. The van der Waals surface area contributed by atoms with E-state index in [1.54, 1.807) is 20.8 Å². The highest BCUT2D eigenvalue weighted by molar-refractivity contribution is 5.81. The molecule has 0 aromatic carbocycles. The molecule has 17 heavy (non-hydrogen) atoms. The number of ether oxygens (including phenoxy) is 1. The molecule has 1 amide bonds. The van der Waals surface area contributed by atoms with E-state index in [0.29, 0.717) is 0 Å². The van der Waals surface area contributed by atoms with Crippen LogP contribution in [0.25, 0.3) is 0 Å². The Labute approximate surface area is 100 Å². The Morgan fingerprint density at radius 3 is 2.35 bits per heavy atom. The molecule has 1 saturated heterocycles. The summed E-state index contributed by atoms with van der Waals surface area (Å²) in [6.07, 6.45) is -0.690. The average molecular weight is 245 g/mol. The molecule has 0 saturated carbocycles. The number of hydrogen-bond donors (Lipinski definition) is 2. The van der Waals surface area contributed by atoms with Gasteiger partial charge in [-0.25, -0.2) is 9.59 Å². The molecule has 0 aromatic rings. The van der Waals surface area contributed by atoms with Crippen LogP contribution in [0.4, 0.5) is 4.79 Å². The number of aliphatic carboxylic acids is 1. The Balaban J connectivity index is 2.81. The van der Waals surface area contributed by atoms with Crippen molar-refractivity contribution in [2.24, 2.45) is 0 Å². The number of carbonyl (C=O) groups excluding carboxylic acids is 1. The van der Waals surface area contributed by atoms with E-state index in [4.69, 9.17) is 9.84 Å². The summed E-state index contributed by atoms with van der Waals surface area (Å²) in [5.41, 5.74) is -1.87. The topological polar surface area (TPSA) is 87.1 Å². The second-order valence-corrected chi connectivity index (χ2v) is 5.66. The van der Waals surface area contributed by atoms with Gasteiger partial charge in [0.2, 0.25) is 0 Å². The van der Waals surface area contributed by atoms with Crippen LogP contribution in [0.2, 0.25) is 0 Å².